The highest BCUT2D eigenvalue weighted by molar-refractivity contribution is 9.10. The Kier molecular flexibility index (Phi) is 3.54. The SMILES string of the molecule is Nc1ncnc2c1c(Cc1cccc(Br)c1)nn2C1CC(O)C1. The molecule has 0 unspecified atom stereocenters. The van der Waals surface area contributed by atoms with E-state index in [1.165, 1.54) is 6.33 Å². The van der Waals surface area contributed by atoms with Crippen molar-refractivity contribution in [2.24, 2.45) is 0 Å². The van der Waals surface area contributed by atoms with E-state index in [1.54, 1.807) is 0 Å². The van der Waals surface area contributed by atoms with Gasteiger partial charge in [0.25, 0.3) is 0 Å². The van der Waals surface area contributed by atoms with Crippen LogP contribution in [0.3, 0.4) is 0 Å². The highest BCUT2D eigenvalue weighted by Gasteiger charge is 2.32. The third-order valence-corrected chi connectivity index (χ3v) is 4.78. The molecule has 3 aromatic rings. The molecule has 7 heteroatoms. The summed E-state index contributed by atoms with van der Waals surface area (Å²) in [5.74, 6) is 0.450. The van der Waals surface area contributed by atoms with Crippen LogP contribution in [0.1, 0.15) is 30.1 Å². The number of aliphatic hydroxyl groups is 1. The number of anilines is 1. The number of aliphatic hydroxyl groups excluding tert-OH is 1. The van der Waals surface area contributed by atoms with Crippen LogP contribution in [0.5, 0.6) is 0 Å². The predicted molar refractivity (Wildman–Crippen MR) is 91.0 cm³/mol. The van der Waals surface area contributed by atoms with E-state index in [2.05, 4.69) is 38.0 Å². The van der Waals surface area contributed by atoms with Gasteiger partial charge in [-0.15, -0.1) is 0 Å². The average molecular weight is 374 g/mol. The van der Waals surface area contributed by atoms with E-state index in [4.69, 9.17) is 10.8 Å². The first-order chi connectivity index (χ1) is 11.1. The summed E-state index contributed by atoms with van der Waals surface area (Å²) in [6.45, 7) is 0. The van der Waals surface area contributed by atoms with E-state index >= 15 is 0 Å². The fraction of sp³-hybridized carbons (Fsp3) is 0.312. The number of benzene rings is 1. The van der Waals surface area contributed by atoms with Gasteiger partial charge in [0.2, 0.25) is 0 Å². The summed E-state index contributed by atoms with van der Waals surface area (Å²) in [5.41, 5.74) is 8.84. The monoisotopic (exact) mass is 373 g/mol. The predicted octanol–water partition coefficient (Wildman–Crippen LogP) is 2.46. The van der Waals surface area contributed by atoms with E-state index in [0.717, 1.165) is 26.8 Å². The Morgan fingerprint density at radius 2 is 2.13 bits per heavy atom. The molecule has 118 valence electrons. The molecule has 23 heavy (non-hydrogen) atoms. The molecule has 3 N–H and O–H groups in total. The van der Waals surface area contributed by atoms with Crippen molar-refractivity contribution in [2.45, 2.75) is 31.4 Å². The van der Waals surface area contributed by atoms with Gasteiger partial charge in [0.05, 0.1) is 23.2 Å². The van der Waals surface area contributed by atoms with Crippen molar-refractivity contribution in [3.8, 4) is 0 Å². The highest BCUT2D eigenvalue weighted by Crippen LogP contribution is 2.35. The van der Waals surface area contributed by atoms with E-state index in [9.17, 15) is 5.11 Å². The fourth-order valence-electron chi connectivity index (χ4n) is 3.04. The number of halogens is 1. The van der Waals surface area contributed by atoms with Crippen LogP contribution >= 0.6 is 15.9 Å². The molecule has 2 aromatic heterocycles. The fourth-order valence-corrected chi connectivity index (χ4v) is 3.49. The largest absolute Gasteiger partial charge is 0.393 e. The molecule has 1 aliphatic rings. The second-order valence-electron chi connectivity index (χ2n) is 5.93. The number of hydrogen-bond donors (Lipinski definition) is 2. The lowest BCUT2D eigenvalue weighted by molar-refractivity contribution is 0.0449. The number of nitrogens with zero attached hydrogens (tertiary/aromatic N) is 4. The summed E-state index contributed by atoms with van der Waals surface area (Å²) in [7, 11) is 0. The second kappa shape index (κ2) is 5.58. The van der Waals surface area contributed by atoms with Crippen molar-refractivity contribution in [2.75, 3.05) is 5.73 Å². The van der Waals surface area contributed by atoms with Gasteiger partial charge in [-0.2, -0.15) is 5.10 Å². The van der Waals surface area contributed by atoms with Gasteiger partial charge in [-0.05, 0) is 30.5 Å². The number of aromatic nitrogens is 4. The molecule has 0 bridgehead atoms. The number of hydrogen-bond acceptors (Lipinski definition) is 5. The van der Waals surface area contributed by atoms with Crippen molar-refractivity contribution in [3.63, 3.8) is 0 Å². The van der Waals surface area contributed by atoms with Gasteiger partial charge in [-0.1, -0.05) is 28.1 Å². The molecule has 0 atom stereocenters. The van der Waals surface area contributed by atoms with Crippen molar-refractivity contribution in [1.82, 2.24) is 19.7 Å². The lowest BCUT2D eigenvalue weighted by atomic mass is 9.90. The van der Waals surface area contributed by atoms with Crippen LogP contribution in [-0.2, 0) is 6.42 Å². The lowest BCUT2D eigenvalue weighted by Gasteiger charge is -2.31. The molecule has 0 radical (unpaired) electrons. The zero-order chi connectivity index (χ0) is 16.0. The first kappa shape index (κ1) is 14.6. The Bertz CT molecular complexity index is 872. The molecule has 6 nitrogen and oxygen atoms in total. The van der Waals surface area contributed by atoms with E-state index in [-0.39, 0.29) is 12.1 Å². The van der Waals surface area contributed by atoms with E-state index in [1.807, 2.05) is 16.8 Å². The maximum Gasteiger partial charge on any atom is 0.163 e. The van der Waals surface area contributed by atoms with Crippen LogP contribution in [-0.4, -0.2) is 31.0 Å². The minimum absolute atomic E-state index is 0.179. The molecular formula is C16H16BrN5O. The molecule has 1 saturated carbocycles. The summed E-state index contributed by atoms with van der Waals surface area (Å²) in [4.78, 5) is 8.48. The molecule has 4 rings (SSSR count). The Labute approximate surface area is 141 Å². The molecule has 0 spiro atoms. The van der Waals surface area contributed by atoms with Crippen LogP contribution in [0.25, 0.3) is 11.0 Å². The van der Waals surface area contributed by atoms with Gasteiger partial charge in [0.15, 0.2) is 5.65 Å². The zero-order valence-corrected chi connectivity index (χ0v) is 13.9. The molecule has 1 fully saturated rings. The Hall–Kier alpha value is -1.99. The maximum absolute atomic E-state index is 9.58. The molecule has 0 amide bonds. The lowest BCUT2D eigenvalue weighted by Crippen LogP contribution is -2.31. The molecule has 1 aliphatic carbocycles. The van der Waals surface area contributed by atoms with Crippen LogP contribution in [0.2, 0.25) is 0 Å². The van der Waals surface area contributed by atoms with Gasteiger partial charge >= 0.3 is 0 Å². The van der Waals surface area contributed by atoms with E-state index < -0.39 is 0 Å². The summed E-state index contributed by atoms with van der Waals surface area (Å²) in [6.07, 6.45) is 3.30. The van der Waals surface area contributed by atoms with Crippen molar-refractivity contribution in [1.29, 1.82) is 0 Å². The highest BCUT2D eigenvalue weighted by atomic mass is 79.9. The minimum Gasteiger partial charge on any atom is -0.393 e. The summed E-state index contributed by atoms with van der Waals surface area (Å²) in [5, 5.41) is 15.1. The average Bonchev–Trinajstić information content (AvgIpc) is 2.84. The standard InChI is InChI=1S/C16H16BrN5O/c17-10-3-1-2-9(4-10)5-13-14-15(18)19-8-20-16(14)22(21-13)11-6-12(23)7-11/h1-4,8,11-12,23H,5-7H2,(H2,18,19,20). The Balaban J connectivity index is 1.79. The second-order valence-corrected chi connectivity index (χ2v) is 6.85. The summed E-state index contributed by atoms with van der Waals surface area (Å²) < 4.78 is 2.93. The van der Waals surface area contributed by atoms with Crippen LogP contribution < -0.4 is 5.73 Å². The molecule has 1 aromatic carbocycles. The van der Waals surface area contributed by atoms with Gasteiger partial charge < -0.3 is 10.8 Å². The quantitative estimate of drug-likeness (QED) is 0.735. The van der Waals surface area contributed by atoms with Gasteiger partial charge in [0, 0.05) is 10.9 Å². The summed E-state index contributed by atoms with van der Waals surface area (Å²) >= 11 is 3.49. The number of nitrogens with two attached hydrogens (primary N) is 1. The summed E-state index contributed by atoms with van der Waals surface area (Å²) in [6, 6.07) is 8.30. The smallest absolute Gasteiger partial charge is 0.163 e. The third-order valence-electron chi connectivity index (χ3n) is 4.29. The first-order valence-electron chi connectivity index (χ1n) is 7.52. The van der Waals surface area contributed by atoms with Crippen molar-refractivity contribution in [3.05, 3.63) is 46.3 Å². The number of fused-ring (bicyclic) bond motifs is 1. The molecule has 0 saturated heterocycles. The third kappa shape index (κ3) is 2.60. The van der Waals surface area contributed by atoms with E-state index in [0.29, 0.717) is 25.1 Å². The number of rotatable bonds is 3. The first-order valence-corrected chi connectivity index (χ1v) is 8.31. The minimum atomic E-state index is -0.244. The van der Waals surface area contributed by atoms with Crippen LogP contribution in [0.15, 0.2) is 35.1 Å². The maximum atomic E-state index is 9.58. The zero-order valence-electron chi connectivity index (χ0n) is 12.4. The van der Waals surface area contributed by atoms with Gasteiger partial charge in [-0.25, -0.2) is 14.6 Å². The molecule has 2 heterocycles. The molecule has 0 aliphatic heterocycles. The topological polar surface area (TPSA) is 89.9 Å². The normalized spacial score (nSPS) is 20.6. The van der Waals surface area contributed by atoms with Crippen molar-refractivity contribution >= 4 is 32.8 Å². The number of nitrogen functional groups attached to an aromatic ring is 1. The van der Waals surface area contributed by atoms with Crippen molar-refractivity contribution < 1.29 is 5.11 Å². The van der Waals surface area contributed by atoms with Crippen LogP contribution in [0, 0.1) is 0 Å². The van der Waals surface area contributed by atoms with Gasteiger partial charge in [-0.3, -0.25) is 0 Å². The van der Waals surface area contributed by atoms with Gasteiger partial charge in [0.1, 0.15) is 12.1 Å². The Morgan fingerprint density at radius 1 is 1.30 bits per heavy atom. The van der Waals surface area contributed by atoms with Crippen LogP contribution in [0.4, 0.5) is 5.82 Å². The Morgan fingerprint density at radius 3 is 2.87 bits per heavy atom. The molecular weight excluding hydrogens is 358 g/mol.